The van der Waals surface area contributed by atoms with E-state index in [9.17, 15) is 4.79 Å². The molecule has 1 atom stereocenters. The van der Waals surface area contributed by atoms with Gasteiger partial charge in [0.1, 0.15) is 0 Å². The predicted molar refractivity (Wildman–Crippen MR) is 67.8 cm³/mol. The van der Waals surface area contributed by atoms with Crippen LogP contribution < -0.4 is 10.6 Å². The molecule has 1 fully saturated rings. The largest absolute Gasteiger partial charge is 0.478 e. The van der Waals surface area contributed by atoms with Gasteiger partial charge < -0.3 is 20.5 Å². The number of hydrogen-bond acceptors (Lipinski definition) is 5. The number of nitrogens with two attached hydrogens (primary N) is 1. The Kier molecular flexibility index (Phi) is 3.66. The molecule has 1 aliphatic heterocycles. The lowest BCUT2D eigenvalue weighted by molar-refractivity contribution is 0.0698. The van der Waals surface area contributed by atoms with E-state index < -0.39 is 5.97 Å². The summed E-state index contributed by atoms with van der Waals surface area (Å²) in [5.41, 5.74) is 6.21. The van der Waals surface area contributed by atoms with E-state index in [1.54, 1.807) is 7.11 Å². The number of carbonyl (C=O) groups is 1. The molecule has 0 saturated carbocycles. The highest BCUT2D eigenvalue weighted by molar-refractivity contribution is 5.96. The Hall–Kier alpha value is -1.82. The first-order valence-electron chi connectivity index (χ1n) is 5.85. The summed E-state index contributed by atoms with van der Waals surface area (Å²) in [6, 6.07) is 1.42. The van der Waals surface area contributed by atoms with Crippen molar-refractivity contribution in [2.75, 3.05) is 37.4 Å². The van der Waals surface area contributed by atoms with Crippen molar-refractivity contribution >= 4 is 17.5 Å². The summed E-state index contributed by atoms with van der Waals surface area (Å²) in [5.74, 6) is -0.0121. The van der Waals surface area contributed by atoms with Crippen LogP contribution in [0.15, 0.2) is 12.3 Å². The Balaban J connectivity index is 2.19. The number of methoxy groups -OCH3 is 1. The third-order valence-corrected chi connectivity index (χ3v) is 3.19. The van der Waals surface area contributed by atoms with Crippen LogP contribution in [0.5, 0.6) is 0 Å². The molecular weight excluding hydrogens is 234 g/mol. The molecule has 0 bridgehead atoms. The molecular formula is C12H17N3O3. The van der Waals surface area contributed by atoms with E-state index in [1.807, 2.05) is 4.90 Å². The minimum Gasteiger partial charge on any atom is -0.478 e. The lowest BCUT2D eigenvalue weighted by atomic mass is 10.1. The fraction of sp³-hybridized carbons (Fsp3) is 0.500. The number of carboxylic acid groups (broad SMARTS) is 1. The Labute approximate surface area is 105 Å². The number of rotatable bonds is 4. The molecule has 1 aromatic heterocycles. The highest BCUT2D eigenvalue weighted by Crippen LogP contribution is 2.29. The first-order chi connectivity index (χ1) is 8.63. The van der Waals surface area contributed by atoms with Gasteiger partial charge in [0.2, 0.25) is 0 Å². The fourth-order valence-electron chi connectivity index (χ4n) is 2.30. The van der Waals surface area contributed by atoms with Crippen molar-refractivity contribution in [2.45, 2.75) is 6.42 Å². The van der Waals surface area contributed by atoms with Crippen LogP contribution >= 0.6 is 0 Å². The average molecular weight is 251 g/mol. The van der Waals surface area contributed by atoms with Gasteiger partial charge in [0.25, 0.3) is 0 Å². The van der Waals surface area contributed by atoms with Crippen LogP contribution in [-0.2, 0) is 4.74 Å². The zero-order chi connectivity index (χ0) is 13.1. The number of anilines is 2. The number of ether oxygens (including phenoxy) is 1. The Morgan fingerprint density at radius 3 is 3.17 bits per heavy atom. The zero-order valence-electron chi connectivity index (χ0n) is 10.3. The van der Waals surface area contributed by atoms with Crippen LogP contribution in [0, 0.1) is 5.92 Å². The second-order valence-corrected chi connectivity index (χ2v) is 4.46. The molecule has 1 saturated heterocycles. The molecule has 2 heterocycles. The highest BCUT2D eigenvalue weighted by atomic mass is 16.5. The van der Waals surface area contributed by atoms with E-state index in [0.29, 0.717) is 18.3 Å². The molecule has 0 aliphatic carbocycles. The molecule has 0 aromatic carbocycles. The number of hydrogen-bond donors (Lipinski definition) is 2. The van der Waals surface area contributed by atoms with Gasteiger partial charge in [0.05, 0.1) is 17.9 Å². The Bertz CT molecular complexity index is 450. The first kappa shape index (κ1) is 12.6. The molecule has 6 nitrogen and oxygen atoms in total. The molecule has 0 amide bonds. The van der Waals surface area contributed by atoms with Gasteiger partial charge in [0, 0.05) is 32.3 Å². The van der Waals surface area contributed by atoms with Gasteiger partial charge in [-0.1, -0.05) is 0 Å². The quantitative estimate of drug-likeness (QED) is 0.824. The normalized spacial score (nSPS) is 19.2. The molecule has 18 heavy (non-hydrogen) atoms. The van der Waals surface area contributed by atoms with Gasteiger partial charge in [-0.15, -0.1) is 0 Å². The van der Waals surface area contributed by atoms with Crippen molar-refractivity contribution in [3.8, 4) is 0 Å². The molecule has 3 N–H and O–H groups in total. The second kappa shape index (κ2) is 5.22. The van der Waals surface area contributed by atoms with Crippen LogP contribution in [-0.4, -0.2) is 42.9 Å². The van der Waals surface area contributed by atoms with E-state index >= 15 is 0 Å². The predicted octanol–water partition coefficient (Wildman–Crippen LogP) is 0.835. The Morgan fingerprint density at radius 2 is 2.50 bits per heavy atom. The third kappa shape index (κ3) is 2.38. The standard InChI is InChI=1S/C12H17N3O3/c1-18-7-8-3-5-15(6-8)11-10(13)9(12(16)17)2-4-14-11/h2,4,8H,3,5-7,13H2,1H3,(H,16,17). The van der Waals surface area contributed by atoms with Crippen LogP contribution in [0.3, 0.4) is 0 Å². The summed E-state index contributed by atoms with van der Waals surface area (Å²) >= 11 is 0. The molecule has 1 unspecified atom stereocenters. The minimum atomic E-state index is -1.02. The van der Waals surface area contributed by atoms with Gasteiger partial charge in [-0.2, -0.15) is 0 Å². The number of aromatic nitrogens is 1. The summed E-state index contributed by atoms with van der Waals surface area (Å²) < 4.78 is 5.13. The molecule has 1 aromatic rings. The second-order valence-electron chi connectivity index (χ2n) is 4.46. The number of nitrogen functional groups attached to an aromatic ring is 1. The van der Waals surface area contributed by atoms with Crippen LogP contribution in [0.4, 0.5) is 11.5 Å². The van der Waals surface area contributed by atoms with E-state index in [1.165, 1.54) is 12.3 Å². The van der Waals surface area contributed by atoms with Gasteiger partial charge in [0.15, 0.2) is 5.82 Å². The smallest absolute Gasteiger partial charge is 0.337 e. The lowest BCUT2D eigenvalue weighted by Gasteiger charge is -2.19. The SMILES string of the molecule is COCC1CCN(c2nccc(C(=O)O)c2N)C1. The summed E-state index contributed by atoms with van der Waals surface area (Å²) in [6.45, 7) is 2.33. The summed E-state index contributed by atoms with van der Waals surface area (Å²) in [6.07, 6.45) is 2.49. The van der Waals surface area contributed by atoms with E-state index in [-0.39, 0.29) is 11.3 Å². The maximum Gasteiger partial charge on any atom is 0.337 e. The number of nitrogens with zero attached hydrogens (tertiary/aromatic N) is 2. The summed E-state index contributed by atoms with van der Waals surface area (Å²) in [7, 11) is 1.68. The molecule has 1 aliphatic rings. The topological polar surface area (TPSA) is 88.7 Å². The van der Waals surface area contributed by atoms with Crippen LogP contribution in [0.25, 0.3) is 0 Å². The van der Waals surface area contributed by atoms with Crippen LogP contribution in [0.1, 0.15) is 16.8 Å². The summed E-state index contributed by atoms with van der Waals surface area (Å²) in [5, 5.41) is 9.02. The summed E-state index contributed by atoms with van der Waals surface area (Å²) in [4.78, 5) is 17.2. The molecule has 0 spiro atoms. The minimum absolute atomic E-state index is 0.107. The Morgan fingerprint density at radius 1 is 1.72 bits per heavy atom. The molecule has 6 heteroatoms. The number of carboxylic acids is 1. The van der Waals surface area contributed by atoms with Crippen molar-refractivity contribution in [1.29, 1.82) is 0 Å². The highest BCUT2D eigenvalue weighted by Gasteiger charge is 2.26. The molecule has 98 valence electrons. The van der Waals surface area contributed by atoms with Crippen molar-refractivity contribution in [2.24, 2.45) is 5.92 Å². The first-order valence-corrected chi connectivity index (χ1v) is 5.85. The lowest BCUT2D eigenvalue weighted by Crippen LogP contribution is -2.24. The maximum absolute atomic E-state index is 11.0. The van der Waals surface area contributed by atoms with Gasteiger partial charge >= 0.3 is 5.97 Å². The molecule has 2 rings (SSSR count). The van der Waals surface area contributed by atoms with Crippen molar-refractivity contribution in [1.82, 2.24) is 4.98 Å². The van der Waals surface area contributed by atoms with E-state index in [2.05, 4.69) is 4.98 Å². The van der Waals surface area contributed by atoms with Crippen LogP contribution in [0.2, 0.25) is 0 Å². The van der Waals surface area contributed by atoms with Crippen molar-refractivity contribution < 1.29 is 14.6 Å². The molecule has 0 radical (unpaired) electrons. The number of pyridine rings is 1. The van der Waals surface area contributed by atoms with Gasteiger partial charge in [-0.25, -0.2) is 9.78 Å². The maximum atomic E-state index is 11.0. The van der Waals surface area contributed by atoms with E-state index in [0.717, 1.165) is 19.5 Å². The average Bonchev–Trinajstić information content (AvgIpc) is 2.78. The van der Waals surface area contributed by atoms with Crippen molar-refractivity contribution in [3.63, 3.8) is 0 Å². The fourth-order valence-corrected chi connectivity index (χ4v) is 2.30. The van der Waals surface area contributed by atoms with E-state index in [4.69, 9.17) is 15.6 Å². The third-order valence-electron chi connectivity index (χ3n) is 3.19. The zero-order valence-corrected chi connectivity index (χ0v) is 10.3. The van der Waals surface area contributed by atoms with Crippen molar-refractivity contribution in [3.05, 3.63) is 17.8 Å². The number of aromatic carboxylic acids is 1. The monoisotopic (exact) mass is 251 g/mol. The van der Waals surface area contributed by atoms with Gasteiger partial charge in [-0.3, -0.25) is 0 Å². The van der Waals surface area contributed by atoms with Gasteiger partial charge in [-0.05, 0) is 12.5 Å².